The number of anilines is 2. The molecule has 0 unspecified atom stereocenters. The molecule has 0 N–H and O–H groups in total. The molecular formula is C25H22N6O3. The molecular weight excluding hydrogens is 432 g/mol. The van der Waals surface area contributed by atoms with Crippen molar-refractivity contribution in [2.75, 3.05) is 11.4 Å². The molecule has 0 aliphatic carbocycles. The minimum Gasteiger partial charge on any atom is -0.296 e. The number of rotatable bonds is 5. The maximum atomic E-state index is 13.2. The third kappa shape index (κ3) is 3.71. The van der Waals surface area contributed by atoms with Crippen LogP contribution in [0.5, 0.6) is 0 Å². The Hall–Kier alpha value is -4.40. The number of aromatic nitrogens is 4. The Morgan fingerprint density at radius 1 is 1.00 bits per heavy atom. The minimum atomic E-state index is -0.663. The zero-order valence-electron chi connectivity index (χ0n) is 18.6. The molecule has 1 aliphatic rings. The van der Waals surface area contributed by atoms with Gasteiger partial charge in [0.05, 0.1) is 4.92 Å². The van der Waals surface area contributed by atoms with Gasteiger partial charge in [-0.25, -0.2) is 15.0 Å². The number of fused-ring (bicyclic) bond motifs is 1. The standard InChI is InChI=1S/C25H22N6O3/c1-2-17-9-6-7-12-19(17)23-26-14-13-20(27-23)29-15-8-16-30-24(32)22(31(33)34)21(28-25(29)30)18-10-4-3-5-11-18/h3-7,9-14H,2,8,15-16H2,1H3. The van der Waals surface area contributed by atoms with Crippen molar-refractivity contribution >= 4 is 17.5 Å². The smallest absolute Gasteiger partial charge is 0.296 e. The Morgan fingerprint density at radius 2 is 1.76 bits per heavy atom. The molecule has 0 atom stereocenters. The Balaban J connectivity index is 1.67. The molecule has 9 nitrogen and oxygen atoms in total. The lowest BCUT2D eigenvalue weighted by molar-refractivity contribution is -0.386. The highest BCUT2D eigenvalue weighted by Crippen LogP contribution is 2.32. The van der Waals surface area contributed by atoms with Gasteiger partial charge in [-0.3, -0.25) is 24.4 Å². The van der Waals surface area contributed by atoms with E-state index in [-0.39, 0.29) is 5.69 Å². The van der Waals surface area contributed by atoms with Crippen molar-refractivity contribution < 1.29 is 4.92 Å². The number of aryl methyl sites for hydroxylation is 1. The summed E-state index contributed by atoms with van der Waals surface area (Å²) in [5.74, 6) is 1.51. The number of benzene rings is 2. The van der Waals surface area contributed by atoms with Crippen LogP contribution >= 0.6 is 0 Å². The molecule has 0 amide bonds. The summed E-state index contributed by atoms with van der Waals surface area (Å²) in [6.07, 6.45) is 3.16. The summed E-state index contributed by atoms with van der Waals surface area (Å²) in [4.78, 5) is 40.2. The van der Waals surface area contributed by atoms with E-state index >= 15 is 0 Å². The maximum absolute atomic E-state index is 13.2. The fraction of sp³-hybridized carbons (Fsp3) is 0.200. The van der Waals surface area contributed by atoms with E-state index in [1.54, 1.807) is 36.5 Å². The average molecular weight is 454 g/mol. The van der Waals surface area contributed by atoms with E-state index in [1.165, 1.54) is 4.57 Å². The summed E-state index contributed by atoms with van der Waals surface area (Å²) in [5.41, 5.74) is 1.47. The summed E-state index contributed by atoms with van der Waals surface area (Å²) < 4.78 is 1.37. The number of hydrogen-bond acceptors (Lipinski definition) is 7. The van der Waals surface area contributed by atoms with Crippen molar-refractivity contribution in [3.63, 3.8) is 0 Å². The normalized spacial score (nSPS) is 12.9. The van der Waals surface area contributed by atoms with Crippen LogP contribution in [0.3, 0.4) is 0 Å². The monoisotopic (exact) mass is 454 g/mol. The molecule has 0 spiro atoms. The molecule has 0 saturated heterocycles. The van der Waals surface area contributed by atoms with E-state index < -0.39 is 16.2 Å². The van der Waals surface area contributed by atoms with E-state index in [4.69, 9.17) is 4.98 Å². The van der Waals surface area contributed by atoms with Crippen LogP contribution in [0.4, 0.5) is 17.5 Å². The van der Waals surface area contributed by atoms with E-state index in [1.807, 2.05) is 35.2 Å². The molecule has 4 aromatic rings. The molecule has 1 aliphatic heterocycles. The topological polar surface area (TPSA) is 107 Å². The Kier molecular flexibility index (Phi) is 5.59. The molecule has 0 bridgehead atoms. The molecule has 5 rings (SSSR count). The quantitative estimate of drug-likeness (QED) is 0.325. The molecule has 2 aromatic heterocycles. The molecule has 0 fully saturated rings. The highest BCUT2D eigenvalue weighted by Gasteiger charge is 2.31. The van der Waals surface area contributed by atoms with Gasteiger partial charge in [0, 0.05) is 30.4 Å². The lowest BCUT2D eigenvalue weighted by atomic mass is 10.0. The van der Waals surface area contributed by atoms with E-state index in [0.29, 0.717) is 42.7 Å². The van der Waals surface area contributed by atoms with Crippen LogP contribution in [0.15, 0.2) is 71.7 Å². The number of nitrogens with zero attached hydrogens (tertiary/aromatic N) is 6. The average Bonchev–Trinajstić information content (AvgIpc) is 2.88. The third-order valence-electron chi connectivity index (χ3n) is 5.92. The van der Waals surface area contributed by atoms with Gasteiger partial charge < -0.3 is 0 Å². The van der Waals surface area contributed by atoms with Gasteiger partial charge in [-0.05, 0) is 24.5 Å². The Morgan fingerprint density at radius 3 is 2.53 bits per heavy atom. The van der Waals surface area contributed by atoms with E-state index in [0.717, 1.165) is 17.5 Å². The molecule has 170 valence electrons. The second kappa shape index (κ2) is 8.86. The summed E-state index contributed by atoms with van der Waals surface area (Å²) in [6, 6.07) is 18.5. The molecule has 3 heterocycles. The van der Waals surface area contributed by atoms with Crippen molar-refractivity contribution in [3.05, 3.63) is 92.9 Å². The van der Waals surface area contributed by atoms with Crippen LogP contribution in [0.25, 0.3) is 22.6 Å². The van der Waals surface area contributed by atoms with Gasteiger partial charge in [0.2, 0.25) is 5.95 Å². The van der Waals surface area contributed by atoms with Crippen molar-refractivity contribution in [1.29, 1.82) is 0 Å². The summed E-state index contributed by atoms with van der Waals surface area (Å²) in [5, 5.41) is 11.8. The summed E-state index contributed by atoms with van der Waals surface area (Å²) in [7, 11) is 0. The third-order valence-corrected chi connectivity index (χ3v) is 5.92. The van der Waals surface area contributed by atoms with E-state index in [2.05, 4.69) is 16.9 Å². The van der Waals surface area contributed by atoms with Crippen molar-refractivity contribution in [2.45, 2.75) is 26.3 Å². The van der Waals surface area contributed by atoms with Crippen LogP contribution in [-0.2, 0) is 13.0 Å². The van der Waals surface area contributed by atoms with Crippen LogP contribution in [-0.4, -0.2) is 31.0 Å². The second-order valence-electron chi connectivity index (χ2n) is 7.94. The molecule has 0 saturated carbocycles. The van der Waals surface area contributed by atoms with Gasteiger partial charge in [-0.1, -0.05) is 61.5 Å². The number of nitro groups is 1. The van der Waals surface area contributed by atoms with Gasteiger partial charge in [0.1, 0.15) is 5.82 Å². The number of hydrogen-bond donors (Lipinski definition) is 0. The molecule has 2 aromatic carbocycles. The second-order valence-corrected chi connectivity index (χ2v) is 7.94. The summed E-state index contributed by atoms with van der Waals surface area (Å²) >= 11 is 0. The first-order valence-corrected chi connectivity index (χ1v) is 11.1. The maximum Gasteiger partial charge on any atom is 0.360 e. The van der Waals surface area contributed by atoms with Crippen molar-refractivity contribution in [3.8, 4) is 22.6 Å². The van der Waals surface area contributed by atoms with Gasteiger partial charge in [0.15, 0.2) is 11.5 Å². The predicted molar refractivity (Wildman–Crippen MR) is 129 cm³/mol. The van der Waals surface area contributed by atoms with Gasteiger partial charge in [-0.15, -0.1) is 0 Å². The van der Waals surface area contributed by atoms with Crippen molar-refractivity contribution in [1.82, 2.24) is 19.5 Å². The van der Waals surface area contributed by atoms with Gasteiger partial charge in [0.25, 0.3) is 0 Å². The van der Waals surface area contributed by atoms with Gasteiger partial charge >= 0.3 is 11.2 Å². The van der Waals surface area contributed by atoms with E-state index in [9.17, 15) is 14.9 Å². The largest absolute Gasteiger partial charge is 0.360 e. The molecule has 34 heavy (non-hydrogen) atoms. The first-order chi connectivity index (χ1) is 16.6. The highest BCUT2D eigenvalue weighted by molar-refractivity contribution is 5.72. The van der Waals surface area contributed by atoms with Crippen LogP contribution in [0.1, 0.15) is 18.9 Å². The zero-order chi connectivity index (χ0) is 23.7. The van der Waals surface area contributed by atoms with Crippen LogP contribution in [0.2, 0.25) is 0 Å². The fourth-order valence-electron chi connectivity index (χ4n) is 4.28. The summed E-state index contributed by atoms with van der Waals surface area (Å²) in [6.45, 7) is 3.01. The van der Waals surface area contributed by atoms with Gasteiger partial charge in [-0.2, -0.15) is 0 Å². The fourth-order valence-corrected chi connectivity index (χ4v) is 4.28. The predicted octanol–water partition coefficient (Wildman–Crippen LogP) is 4.38. The zero-order valence-corrected chi connectivity index (χ0v) is 18.6. The van der Waals surface area contributed by atoms with Crippen LogP contribution < -0.4 is 10.5 Å². The molecule has 9 heteroatoms. The minimum absolute atomic E-state index is 0.0550. The van der Waals surface area contributed by atoms with Crippen LogP contribution in [0, 0.1) is 10.1 Å². The Bertz CT molecular complexity index is 1430. The first kappa shape index (κ1) is 21.4. The van der Waals surface area contributed by atoms with Crippen molar-refractivity contribution in [2.24, 2.45) is 0 Å². The SMILES string of the molecule is CCc1ccccc1-c1nccc(N2CCCn3c2nc(-c2ccccc2)c([N+](=O)[O-])c3=O)n1. The highest BCUT2D eigenvalue weighted by atomic mass is 16.6. The lowest BCUT2D eigenvalue weighted by Crippen LogP contribution is -2.37. The first-order valence-electron chi connectivity index (χ1n) is 11.1. The lowest BCUT2D eigenvalue weighted by Gasteiger charge is -2.30. The Labute approximate surface area is 195 Å². The molecule has 0 radical (unpaired) electrons.